The molecule has 0 atom stereocenters. The molecule has 0 radical (unpaired) electrons. The highest BCUT2D eigenvalue weighted by Gasteiger charge is 2.41. The molecule has 9 heteroatoms. The molecule has 0 bridgehead atoms. The lowest BCUT2D eigenvalue weighted by atomic mass is 10.0. The third-order valence-corrected chi connectivity index (χ3v) is 6.54. The van der Waals surface area contributed by atoms with E-state index < -0.39 is 5.97 Å². The van der Waals surface area contributed by atoms with Crippen molar-refractivity contribution in [3.05, 3.63) is 77.3 Å². The molecule has 1 aliphatic heterocycles. The van der Waals surface area contributed by atoms with Crippen molar-refractivity contribution in [3.63, 3.8) is 0 Å². The molecule has 35 heavy (non-hydrogen) atoms. The predicted molar refractivity (Wildman–Crippen MR) is 133 cm³/mol. The van der Waals surface area contributed by atoms with Gasteiger partial charge in [-0.25, -0.2) is 4.68 Å². The summed E-state index contributed by atoms with van der Waals surface area (Å²) in [6.07, 6.45) is 9.36. The molecular weight excluding hydrogens is 466 g/mol. The summed E-state index contributed by atoms with van der Waals surface area (Å²) in [5.74, 6) is 0.773. The van der Waals surface area contributed by atoms with Crippen molar-refractivity contribution in [3.8, 4) is 28.1 Å². The summed E-state index contributed by atoms with van der Waals surface area (Å²) < 4.78 is 8.88. The Balaban J connectivity index is 1.49. The number of benzene rings is 1. The van der Waals surface area contributed by atoms with Gasteiger partial charge in [0.05, 0.1) is 22.2 Å². The number of nitrogens with one attached hydrogen (secondary N) is 1. The first-order valence-corrected chi connectivity index (χ1v) is 11.5. The minimum absolute atomic E-state index is 0.0106. The van der Waals surface area contributed by atoms with Gasteiger partial charge in [0.2, 0.25) is 5.91 Å². The Labute approximate surface area is 205 Å². The number of nitrogens with zero attached hydrogens (tertiary/aromatic N) is 4. The van der Waals surface area contributed by atoms with E-state index in [0.717, 1.165) is 45.0 Å². The average Bonchev–Trinajstić information content (AvgIpc) is 3.17. The second-order valence-electron chi connectivity index (χ2n) is 8.50. The molecule has 0 fully saturated rings. The number of carbonyl (C=O) groups excluding carboxylic acids is 2. The third-order valence-electron chi connectivity index (χ3n) is 6.23. The molecule has 174 valence electrons. The fourth-order valence-corrected chi connectivity index (χ4v) is 4.77. The lowest BCUT2D eigenvalue weighted by molar-refractivity contribution is -0.131. The summed E-state index contributed by atoms with van der Waals surface area (Å²) in [4.78, 5) is 27.5. The Bertz CT molecular complexity index is 1530. The van der Waals surface area contributed by atoms with Gasteiger partial charge in [-0.15, -0.1) is 0 Å². The van der Waals surface area contributed by atoms with Crippen LogP contribution in [0.15, 0.2) is 61.2 Å². The number of esters is 1. The lowest BCUT2D eigenvalue weighted by Gasteiger charge is -2.19. The van der Waals surface area contributed by atoms with Crippen LogP contribution in [-0.2, 0) is 4.79 Å². The zero-order chi connectivity index (χ0) is 24.3. The summed E-state index contributed by atoms with van der Waals surface area (Å²) in [5.41, 5.74) is 6.64. The summed E-state index contributed by atoms with van der Waals surface area (Å²) in [6, 6.07) is 9.18. The molecule has 0 spiro atoms. The number of hydrogen-bond donors (Lipinski definition) is 1. The molecule has 8 nitrogen and oxygen atoms in total. The van der Waals surface area contributed by atoms with Crippen LogP contribution in [0.5, 0.6) is 5.75 Å². The molecule has 4 heterocycles. The van der Waals surface area contributed by atoms with Gasteiger partial charge in [0, 0.05) is 50.7 Å². The smallest absolute Gasteiger partial charge is 0.308 e. The number of fused-ring (bicyclic) bond motifs is 2. The monoisotopic (exact) mass is 485 g/mol. The van der Waals surface area contributed by atoms with Crippen molar-refractivity contribution in [2.45, 2.75) is 19.8 Å². The van der Waals surface area contributed by atoms with Crippen molar-refractivity contribution in [2.75, 3.05) is 11.9 Å². The standard InChI is InChI=1S/C26H20ClN5O3/c1-14(33)31-12-18-19(13-31)24(18)21-7-10-29-26-23(17-3-4-20(27)22(11-17)35-15(2)34)25(30-32(21)26)16-5-8-28-9-6-16/h3-9,11-13,24,29H,10H2,1-2H3. The SMILES string of the molecule is CC(=O)Oc1cc(-c2c(-c3ccncc3)nn3c2NCC=C3C2c3cn(C(C)=O)cc32)ccc1Cl. The number of ether oxygens (including phenoxy) is 1. The van der Waals surface area contributed by atoms with Gasteiger partial charge < -0.3 is 10.1 Å². The van der Waals surface area contributed by atoms with Crippen molar-refractivity contribution in [2.24, 2.45) is 0 Å². The van der Waals surface area contributed by atoms with Crippen molar-refractivity contribution < 1.29 is 14.3 Å². The number of allylic oxidation sites excluding steroid dienone is 1. The maximum atomic E-state index is 11.7. The van der Waals surface area contributed by atoms with E-state index in [1.165, 1.54) is 6.92 Å². The Morgan fingerprint density at radius 3 is 2.51 bits per heavy atom. The number of pyridine rings is 1. The maximum Gasteiger partial charge on any atom is 0.308 e. The third kappa shape index (κ3) is 3.54. The van der Waals surface area contributed by atoms with E-state index in [1.54, 1.807) is 36.0 Å². The molecule has 2 aliphatic rings. The highest BCUT2D eigenvalue weighted by molar-refractivity contribution is 6.32. The number of anilines is 1. The van der Waals surface area contributed by atoms with E-state index in [1.807, 2.05) is 35.3 Å². The number of halogens is 1. The fraction of sp³-hybridized carbons (Fsp3) is 0.154. The van der Waals surface area contributed by atoms with E-state index in [9.17, 15) is 9.59 Å². The second-order valence-corrected chi connectivity index (χ2v) is 8.90. The Hall–Kier alpha value is -4.17. The van der Waals surface area contributed by atoms with Gasteiger partial charge in [0.15, 0.2) is 0 Å². The molecule has 3 aromatic heterocycles. The van der Waals surface area contributed by atoms with Crippen LogP contribution in [0.4, 0.5) is 5.82 Å². The molecule has 4 aromatic rings. The van der Waals surface area contributed by atoms with E-state index in [0.29, 0.717) is 17.3 Å². The van der Waals surface area contributed by atoms with Gasteiger partial charge in [0.25, 0.3) is 0 Å². The summed E-state index contributed by atoms with van der Waals surface area (Å²) in [7, 11) is 0. The van der Waals surface area contributed by atoms with Crippen molar-refractivity contribution in [1.29, 1.82) is 0 Å². The predicted octanol–water partition coefficient (Wildman–Crippen LogP) is 5.06. The Morgan fingerprint density at radius 1 is 1.09 bits per heavy atom. The van der Waals surface area contributed by atoms with Crippen LogP contribution < -0.4 is 10.1 Å². The summed E-state index contributed by atoms with van der Waals surface area (Å²) >= 11 is 6.29. The van der Waals surface area contributed by atoms with Crippen LogP contribution in [0, 0.1) is 0 Å². The molecule has 1 N–H and O–H groups in total. The number of aromatic nitrogens is 4. The highest BCUT2D eigenvalue weighted by atomic mass is 35.5. The quantitative estimate of drug-likeness (QED) is 0.321. The Morgan fingerprint density at radius 2 is 1.83 bits per heavy atom. The zero-order valence-corrected chi connectivity index (χ0v) is 19.7. The van der Waals surface area contributed by atoms with E-state index in [2.05, 4.69) is 16.4 Å². The number of hydrogen-bond acceptors (Lipinski definition) is 6. The van der Waals surface area contributed by atoms with Crippen molar-refractivity contribution >= 4 is 35.0 Å². The second kappa shape index (κ2) is 7.95. The van der Waals surface area contributed by atoms with E-state index in [-0.39, 0.29) is 11.8 Å². The van der Waals surface area contributed by atoms with Crippen LogP contribution in [-0.4, -0.2) is 37.8 Å². The number of rotatable bonds is 4. The maximum absolute atomic E-state index is 11.7. The Kier molecular flexibility index (Phi) is 4.86. The molecule has 0 saturated carbocycles. The highest BCUT2D eigenvalue weighted by Crippen LogP contribution is 2.53. The van der Waals surface area contributed by atoms with Gasteiger partial charge in [-0.1, -0.05) is 17.7 Å². The fourth-order valence-electron chi connectivity index (χ4n) is 4.62. The first kappa shape index (κ1) is 21.4. The summed E-state index contributed by atoms with van der Waals surface area (Å²) in [6.45, 7) is 3.52. The number of carbonyl (C=O) groups is 2. The first-order chi connectivity index (χ1) is 16.9. The van der Waals surface area contributed by atoms with Gasteiger partial charge >= 0.3 is 5.97 Å². The van der Waals surface area contributed by atoms with E-state index in [4.69, 9.17) is 21.4 Å². The molecule has 1 aromatic carbocycles. The van der Waals surface area contributed by atoms with E-state index >= 15 is 0 Å². The first-order valence-electron chi connectivity index (χ1n) is 11.1. The van der Waals surface area contributed by atoms with Crippen LogP contribution >= 0.6 is 11.6 Å². The molecular formula is C26H20ClN5O3. The zero-order valence-electron chi connectivity index (χ0n) is 18.9. The molecule has 0 amide bonds. The van der Waals surface area contributed by atoms with Crippen LogP contribution in [0.1, 0.15) is 35.7 Å². The van der Waals surface area contributed by atoms with Crippen molar-refractivity contribution in [1.82, 2.24) is 19.3 Å². The topological polar surface area (TPSA) is 91.0 Å². The molecule has 0 saturated heterocycles. The summed E-state index contributed by atoms with van der Waals surface area (Å²) in [5, 5.41) is 8.83. The van der Waals surface area contributed by atoms with Gasteiger partial charge in [-0.05, 0) is 47.0 Å². The lowest BCUT2D eigenvalue weighted by Crippen LogP contribution is -2.16. The minimum atomic E-state index is -0.444. The van der Waals surface area contributed by atoms with Gasteiger partial charge in [-0.2, -0.15) is 5.10 Å². The molecule has 1 aliphatic carbocycles. The molecule has 6 rings (SSSR count). The largest absolute Gasteiger partial charge is 0.425 e. The van der Waals surface area contributed by atoms with Gasteiger partial charge in [-0.3, -0.25) is 19.1 Å². The van der Waals surface area contributed by atoms with Crippen LogP contribution in [0.3, 0.4) is 0 Å². The van der Waals surface area contributed by atoms with Gasteiger partial charge in [0.1, 0.15) is 17.3 Å². The van der Waals surface area contributed by atoms with Crippen LogP contribution in [0.25, 0.3) is 28.1 Å². The average molecular weight is 486 g/mol. The normalized spacial score (nSPS) is 14.0. The molecule has 0 unspecified atom stereocenters. The van der Waals surface area contributed by atoms with Crippen LogP contribution in [0.2, 0.25) is 5.02 Å². The minimum Gasteiger partial charge on any atom is -0.425 e.